The molecule has 0 aliphatic heterocycles. The minimum Gasteiger partial charge on any atom is -0.481 e. The Hall–Kier alpha value is -3.39. The van der Waals surface area contributed by atoms with Gasteiger partial charge in [0.2, 0.25) is 5.91 Å². The van der Waals surface area contributed by atoms with Crippen molar-refractivity contribution in [1.29, 1.82) is 0 Å². The number of carbonyl (C=O) groups is 3. The van der Waals surface area contributed by atoms with Crippen LogP contribution >= 0.6 is 0 Å². The Kier molecular flexibility index (Phi) is 6.88. The first-order chi connectivity index (χ1) is 16.3. The van der Waals surface area contributed by atoms with E-state index < -0.39 is 24.0 Å². The average Bonchev–Trinajstić information content (AvgIpc) is 3.09. The predicted molar refractivity (Wildman–Crippen MR) is 127 cm³/mol. The number of nitrogens with one attached hydrogen (secondary N) is 1. The number of fused-ring (bicyclic) bond motifs is 3. The summed E-state index contributed by atoms with van der Waals surface area (Å²) in [6.45, 7) is 0.476. The molecule has 1 saturated carbocycles. The van der Waals surface area contributed by atoms with E-state index in [4.69, 9.17) is 9.84 Å². The van der Waals surface area contributed by atoms with Gasteiger partial charge in [0.25, 0.3) is 0 Å². The van der Waals surface area contributed by atoms with Crippen molar-refractivity contribution in [2.75, 3.05) is 34.3 Å². The van der Waals surface area contributed by atoms with E-state index in [1.54, 1.807) is 11.9 Å². The van der Waals surface area contributed by atoms with Crippen LogP contribution in [0.1, 0.15) is 29.9 Å². The molecule has 2 aromatic rings. The molecule has 2 aliphatic rings. The summed E-state index contributed by atoms with van der Waals surface area (Å²) in [6.07, 6.45) is 0.210. The highest BCUT2D eigenvalue weighted by molar-refractivity contribution is 5.86. The number of rotatable bonds is 8. The van der Waals surface area contributed by atoms with Crippen LogP contribution < -0.4 is 5.32 Å². The van der Waals surface area contributed by atoms with Gasteiger partial charge < -0.3 is 25.0 Å². The molecule has 0 heterocycles. The molecule has 34 heavy (non-hydrogen) atoms. The van der Waals surface area contributed by atoms with E-state index in [2.05, 4.69) is 29.6 Å². The number of carboxylic acids is 1. The lowest BCUT2D eigenvalue weighted by molar-refractivity contribution is -0.150. The van der Waals surface area contributed by atoms with Crippen LogP contribution in [0, 0.1) is 5.92 Å². The van der Waals surface area contributed by atoms with Gasteiger partial charge in [-0.05, 0) is 49.2 Å². The van der Waals surface area contributed by atoms with E-state index >= 15 is 0 Å². The number of carboxylic acid groups (broad SMARTS) is 1. The van der Waals surface area contributed by atoms with Crippen molar-refractivity contribution >= 4 is 18.0 Å². The molecule has 0 bridgehead atoms. The molecule has 1 fully saturated rings. The molecule has 0 aromatic heterocycles. The van der Waals surface area contributed by atoms with Gasteiger partial charge in [0.05, 0.1) is 5.92 Å². The Morgan fingerprint density at radius 2 is 1.56 bits per heavy atom. The first-order valence-corrected chi connectivity index (χ1v) is 11.5. The molecule has 0 unspecified atom stereocenters. The molecule has 2 aliphatic carbocycles. The highest BCUT2D eigenvalue weighted by Crippen LogP contribution is 2.44. The summed E-state index contributed by atoms with van der Waals surface area (Å²) in [6, 6.07) is 15.3. The molecule has 8 heteroatoms. The summed E-state index contributed by atoms with van der Waals surface area (Å²) in [7, 11) is 5.31. The molecule has 2 amide bonds. The van der Waals surface area contributed by atoms with Crippen LogP contribution in [-0.4, -0.2) is 79.3 Å². The Balaban J connectivity index is 1.39. The number of carbonyl (C=O) groups excluding carboxylic acids is 2. The second-order valence-electron chi connectivity index (χ2n) is 9.39. The van der Waals surface area contributed by atoms with Gasteiger partial charge >= 0.3 is 12.1 Å². The number of benzene rings is 2. The number of hydrogen-bond acceptors (Lipinski definition) is 5. The topological polar surface area (TPSA) is 99.2 Å². The quantitative estimate of drug-likeness (QED) is 0.622. The van der Waals surface area contributed by atoms with Crippen LogP contribution in [0.4, 0.5) is 4.79 Å². The zero-order valence-corrected chi connectivity index (χ0v) is 19.7. The smallest absolute Gasteiger partial charge is 0.407 e. The Morgan fingerprint density at radius 1 is 1.00 bits per heavy atom. The molecule has 1 atom stereocenters. The highest BCUT2D eigenvalue weighted by atomic mass is 16.5. The van der Waals surface area contributed by atoms with Crippen molar-refractivity contribution in [3.63, 3.8) is 0 Å². The van der Waals surface area contributed by atoms with Gasteiger partial charge in [-0.25, -0.2) is 4.79 Å². The van der Waals surface area contributed by atoms with E-state index in [0.29, 0.717) is 19.4 Å². The molecular weight excluding hydrogens is 434 g/mol. The predicted octanol–water partition coefficient (Wildman–Crippen LogP) is 2.78. The lowest BCUT2D eigenvalue weighted by Gasteiger charge is -2.40. The fourth-order valence-electron chi connectivity index (χ4n) is 4.86. The van der Waals surface area contributed by atoms with Crippen LogP contribution in [0.3, 0.4) is 0 Å². The Morgan fingerprint density at radius 3 is 2.09 bits per heavy atom. The molecule has 0 spiro atoms. The lowest BCUT2D eigenvalue weighted by Crippen LogP contribution is -2.57. The zero-order chi connectivity index (χ0) is 24.4. The van der Waals surface area contributed by atoms with Crippen molar-refractivity contribution in [1.82, 2.24) is 15.1 Å². The number of nitrogens with zero attached hydrogens (tertiary/aromatic N) is 2. The maximum Gasteiger partial charge on any atom is 0.407 e. The molecule has 2 aromatic carbocycles. The highest BCUT2D eigenvalue weighted by Gasteiger charge is 2.40. The summed E-state index contributed by atoms with van der Waals surface area (Å²) in [4.78, 5) is 40.3. The summed E-state index contributed by atoms with van der Waals surface area (Å²) < 4.78 is 5.61. The van der Waals surface area contributed by atoms with E-state index in [0.717, 1.165) is 22.3 Å². The van der Waals surface area contributed by atoms with Gasteiger partial charge in [-0.2, -0.15) is 0 Å². The van der Waals surface area contributed by atoms with Crippen molar-refractivity contribution in [2.45, 2.75) is 30.8 Å². The van der Waals surface area contributed by atoms with E-state index in [1.165, 1.54) is 0 Å². The summed E-state index contributed by atoms with van der Waals surface area (Å²) >= 11 is 0. The van der Waals surface area contributed by atoms with E-state index in [-0.39, 0.29) is 24.5 Å². The van der Waals surface area contributed by atoms with Crippen LogP contribution in [0.2, 0.25) is 0 Å². The van der Waals surface area contributed by atoms with Crippen molar-refractivity contribution in [3.8, 4) is 11.1 Å². The first kappa shape index (κ1) is 23.8. The van der Waals surface area contributed by atoms with Gasteiger partial charge in [0.1, 0.15) is 12.6 Å². The van der Waals surface area contributed by atoms with Gasteiger partial charge in [0.15, 0.2) is 0 Å². The second-order valence-corrected chi connectivity index (χ2v) is 9.39. The monoisotopic (exact) mass is 465 g/mol. The lowest BCUT2D eigenvalue weighted by atomic mass is 9.79. The third-order valence-electron chi connectivity index (χ3n) is 6.84. The molecule has 0 saturated heterocycles. The van der Waals surface area contributed by atoms with Crippen LogP contribution in [0.25, 0.3) is 11.1 Å². The van der Waals surface area contributed by atoms with Crippen molar-refractivity contribution in [3.05, 3.63) is 59.7 Å². The molecule has 2 N–H and O–H groups in total. The van der Waals surface area contributed by atoms with Crippen LogP contribution in [-0.2, 0) is 14.3 Å². The largest absolute Gasteiger partial charge is 0.481 e. The van der Waals surface area contributed by atoms with Crippen LogP contribution in [0.15, 0.2) is 48.5 Å². The van der Waals surface area contributed by atoms with Gasteiger partial charge in [0, 0.05) is 25.6 Å². The molecule has 8 nitrogen and oxygen atoms in total. The van der Waals surface area contributed by atoms with E-state index in [1.807, 2.05) is 43.3 Å². The summed E-state index contributed by atoms with van der Waals surface area (Å²) in [5.74, 6) is -1.57. The van der Waals surface area contributed by atoms with Crippen molar-refractivity contribution < 1.29 is 24.2 Å². The minimum absolute atomic E-state index is 0.0632. The van der Waals surface area contributed by atoms with Crippen LogP contribution in [0.5, 0.6) is 0 Å². The molecule has 4 rings (SSSR count). The molecule has 0 radical (unpaired) electrons. The SMILES string of the molecule is CN(C)C[C@H](NC(=O)OCC1c2ccccc2-c2ccccc21)C(=O)N(C)C1CC(C(=O)O)C1. The van der Waals surface area contributed by atoms with Gasteiger partial charge in [-0.3, -0.25) is 9.59 Å². The molecule has 180 valence electrons. The van der Waals surface area contributed by atoms with Crippen molar-refractivity contribution in [2.24, 2.45) is 5.92 Å². The third-order valence-corrected chi connectivity index (χ3v) is 6.84. The fraction of sp³-hybridized carbons (Fsp3) is 0.423. The Labute approximate surface area is 199 Å². The van der Waals surface area contributed by atoms with Gasteiger partial charge in [-0.1, -0.05) is 48.5 Å². The summed E-state index contributed by atoms with van der Waals surface area (Å²) in [5.41, 5.74) is 4.54. The Bertz CT molecular complexity index is 1030. The fourth-order valence-corrected chi connectivity index (χ4v) is 4.86. The standard InChI is InChI=1S/C26H31N3O5/c1-28(2)14-23(24(30)29(3)17-12-16(13-17)25(31)32)27-26(33)34-15-22-20-10-6-4-8-18(20)19-9-5-7-11-21(19)22/h4-11,16-17,22-23H,12-15H2,1-3H3,(H,27,33)(H,31,32)/t16?,17?,23-/m0/s1. The number of ether oxygens (including phenoxy) is 1. The first-order valence-electron chi connectivity index (χ1n) is 11.5. The minimum atomic E-state index is -0.835. The maximum atomic E-state index is 13.1. The third kappa shape index (κ3) is 4.77. The number of likely N-dealkylation sites (N-methyl/N-ethyl adjacent to an activating group) is 2. The maximum absolute atomic E-state index is 13.1. The zero-order valence-electron chi connectivity index (χ0n) is 19.7. The number of amides is 2. The number of hydrogen-bond donors (Lipinski definition) is 2. The molecular formula is C26H31N3O5. The normalized spacial score (nSPS) is 19.5. The summed E-state index contributed by atoms with van der Waals surface area (Å²) in [5, 5.41) is 11.8. The van der Waals surface area contributed by atoms with E-state index in [9.17, 15) is 14.4 Å². The number of alkyl carbamates (subject to hydrolysis) is 1. The second kappa shape index (κ2) is 9.85. The number of aliphatic carboxylic acids is 1. The van der Waals surface area contributed by atoms with Gasteiger partial charge in [-0.15, -0.1) is 0 Å². The average molecular weight is 466 g/mol.